The number of hydrogen-bond donors (Lipinski definition) is 2. The Morgan fingerprint density at radius 3 is 2.31 bits per heavy atom. The number of anilines is 3. The van der Waals surface area contributed by atoms with Crippen LogP contribution >= 0.6 is 0 Å². The normalized spacial score (nSPS) is 13.2. The van der Waals surface area contributed by atoms with Crippen molar-refractivity contribution in [2.45, 2.75) is 12.5 Å². The van der Waals surface area contributed by atoms with Crippen molar-refractivity contribution in [1.82, 2.24) is 5.32 Å². The van der Waals surface area contributed by atoms with Gasteiger partial charge in [0.1, 0.15) is 0 Å². The van der Waals surface area contributed by atoms with E-state index in [9.17, 15) is 9.59 Å². The van der Waals surface area contributed by atoms with Crippen molar-refractivity contribution in [3.05, 3.63) is 90.0 Å². The third-order valence-electron chi connectivity index (χ3n) is 5.79. The molecular weight excluding hydrogens is 400 g/mol. The smallest absolute Gasteiger partial charge is 0.313 e. The second-order valence-electron chi connectivity index (χ2n) is 8.10. The lowest BCUT2D eigenvalue weighted by Gasteiger charge is -2.31. The molecule has 6 nitrogen and oxygen atoms in total. The van der Waals surface area contributed by atoms with Crippen molar-refractivity contribution < 1.29 is 9.59 Å². The molecule has 0 unspecified atom stereocenters. The highest BCUT2D eigenvalue weighted by Crippen LogP contribution is 2.35. The van der Waals surface area contributed by atoms with Crippen LogP contribution in [0.3, 0.4) is 0 Å². The van der Waals surface area contributed by atoms with Crippen LogP contribution in [-0.4, -0.2) is 39.0 Å². The summed E-state index contributed by atoms with van der Waals surface area (Å²) in [6, 6.07) is 25.6. The van der Waals surface area contributed by atoms with Crippen LogP contribution in [0.15, 0.2) is 78.9 Å². The summed E-state index contributed by atoms with van der Waals surface area (Å²) in [5.41, 5.74) is 5.28. The third-order valence-corrected chi connectivity index (χ3v) is 5.79. The van der Waals surface area contributed by atoms with Gasteiger partial charge < -0.3 is 20.4 Å². The van der Waals surface area contributed by atoms with E-state index in [2.05, 4.69) is 62.9 Å². The second kappa shape index (κ2) is 9.56. The summed E-state index contributed by atoms with van der Waals surface area (Å²) in [6.07, 6.45) is 0.963. The van der Waals surface area contributed by atoms with Gasteiger partial charge in [-0.25, -0.2) is 0 Å². The van der Waals surface area contributed by atoms with Gasteiger partial charge in [-0.05, 0) is 47.9 Å². The number of hydrogen-bond acceptors (Lipinski definition) is 4. The number of amides is 2. The van der Waals surface area contributed by atoms with Crippen LogP contribution in [0.1, 0.15) is 17.2 Å². The molecular formula is C26H28N4O2. The highest BCUT2D eigenvalue weighted by molar-refractivity contribution is 6.39. The van der Waals surface area contributed by atoms with E-state index < -0.39 is 11.8 Å². The van der Waals surface area contributed by atoms with Crippen LogP contribution < -0.4 is 20.4 Å². The zero-order chi connectivity index (χ0) is 22.5. The van der Waals surface area contributed by atoms with E-state index in [1.54, 1.807) is 12.1 Å². The fourth-order valence-electron chi connectivity index (χ4n) is 4.07. The minimum atomic E-state index is -0.667. The number of fused-ring (bicyclic) bond motifs is 1. The zero-order valence-corrected chi connectivity index (χ0v) is 18.4. The molecule has 1 atom stereocenters. The number of carbonyl (C=O) groups excluding carboxylic acids is 2. The maximum Gasteiger partial charge on any atom is 0.313 e. The Balaban J connectivity index is 1.52. The lowest BCUT2D eigenvalue weighted by Crippen LogP contribution is -2.41. The molecule has 1 aliphatic heterocycles. The van der Waals surface area contributed by atoms with Crippen LogP contribution in [0.5, 0.6) is 0 Å². The number of benzene rings is 3. The van der Waals surface area contributed by atoms with Gasteiger partial charge in [0.2, 0.25) is 0 Å². The summed E-state index contributed by atoms with van der Waals surface area (Å²) < 4.78 is 0. The first-order chi connectivity index (χ1) is 15.5. The summed E-state index contributed by atoms with van der Waals surface area (Å²) in [6.45, 7) is 1.20. The maximum atomic E-state index is 12.5. The number of para-hydroxylation sites is 2. The van der Waals surface area contributed by atoms with E-state index in [0.29, 0.717) is 12.2 Å². The lowest BCUT2D eigenvalue weighted by atomic mass is 10.0. The molecule has 0 saturated heterocycles. The SMILES string of the molecule is CN(C)c1ccc([C@H](CNC(=O)C(=O)Nc2ccccc2)N2CCc3ccccc32)cc1. The predicted octanol–water partition coefficient (Wildman–Crippen LogP) is 3.61. The van der Waals surface area contributed by atoms with Gasteiger partial charge in [-0.2, -0.15) is 0 Å². The minimum absolute atomic E-state index is 0.0802. The number of nitrogens with zero attached hydrogens (tertiary/aromatic N) is 2. The molecule has 1 heterocycles. The molecule has 3 aromatic carbocycles. The molecule has 2 N–H and O–H groups in total. The average Bonchev–Trinajstić information content (AvgIpc) is 3.24. The fraction of sp³-hybridized carbons (Fsp3) is 0.231. The Labute approximate surface area is 188 Å². The maximum absolute atomic E-state index is 12.5. The van der Waals surface area contributed by atoms with Crippen LogP contribution in [0, 0.1) is 0 Å². The van der Waals surface area contributed by atoms with E-state index >= 15 is 0 Å². The molecule has 2 amide bonds. The van der Waals surface area contributed by atoms with Crippen molar-refractivity contribution in [3.63, 3.8) is 0 Å². The highest BCUT2D eigenvalue weighted by Gasteiger charge is 2.28. The number of rotatable bonds is 6. The third kappa shape index (κ3) is 4.75. The second-order valence-corrected chi connectivity index (χ2v) is 8.10. The van der Waals surface area contributed by atoms with Crippen molar-refractivity contribution in [2.75, 3.05) is 42.3 Å². The number of nitrogens with one attached hydrogen (secondary N) is 2. The summed E-state index contributed by atoms with van der Waals surface area (Å²) in [7, 11) is 4.02. The van der Waals surface area contributed by atoms with Crippen molar-refractivity contribution in [3.8, 4) is 0 Å². The van der Waals surface area contributed by atoms with Gasteiger partial charge in [0.25, 0.3) is 0 Å². The van der Waals surface area contributed by atoms with Gasteiger partial charge in [0.15, 0.2) is 0 Å². The first-order valence-corrected chi connectivity index (χ1v) is 10.8. The Bertz CT molecular complexity index is 1080. The quantitative estimate of drug-likeness (QED) is 0.589. The monoisotopic (exact) mass is 428 g/mol. The van der Waals surface area contributed by atoms with Gasteiger partial charge >= 0.3 is 11.8 Å². The topological polar surface area (TPSA) is 64.7 Å². The molecule has 0 fully saturated rings. The predicted molar refractivity (Wildman–Crippen MR) is 129 cm³/mol. The first kappa shape index (κ1) is 21.4. The summed E-state index contributed by atoms with van der Waals surface area (Å²) in [4.78, 5) is 29.3. The molecule has 0 radical (unpaired) electrons. The zero-order valence-electron chi connectivity index (χ0n) is 18.4. The van der Waals surface area contributed by atoms with E-state index in [1.165, 1.54) is 11.3 Å². The lowest BCUT2D eigenvalue weighted by molar-refractivity contribution is -0.136. The fourth-order valence-corrected chi connectivity index (χ4v) is 4.07. The van der Waals surface area contributed by atoms with E-state index in [1.807, 2.05) is 38.4 Å². The molecule has 3 aromatic rings. The van der Waals surface area contributed by atoms with Gasteiger partial charge in [-0.1, -0.05) is 48.5 Å². The van der Waals surface area contributed by atoms with E-state index in [0.717, 1.165) is 24.2 Å². The van der Waals surface area contributed by atoms with E-state index in [-0.39, 0.29) is 6.04 Å². The molecule has 1 aliphatic rings. The Morgan fingerprint density at radius 2 is 1.59 bits per heavy atom. The molecule has 32 heavy (non-hydrogen) atoms. The highest BCUT2D eigenvalue weighted by atomic mass is 16.2. The van der Waals surface area contributed by atoms with Crippen molar-refractivity contribution in [1.29, 1.82) is 0 Å². The van der Waals surface area contributed by atoms with Gasteiger partial charge in [0.05, 0.1) is 6.04 Å². The Hall–Kier alpha value is -3.80. The van der Waals surface area contributed by atoms with Crippen LogP contribution in [-0.2, 0) is 16.0 Å². The molecule has 0 aliphatic carbocycles. The molecule has 0 saturated carbocycles. The van der Waals surface area contributed by atoms with Crippen LogP contribution in [0.4, 0.5) is 17.1 Å². The minimum Gasteiger partial charge on any atom is -0.378 e. The van der Waals surface area contributed by atoms with Crippen LogP contribution in [0.2, 0.25) is 0 Å². The van der Waals surface area contributed by atoms with Gasteiger partial charge in [-0.15, -0.1) is 0 Å². The average molecular weight is 429 g/mol. The van der Waals surface area contributed by atoms with Gasteiger partial charge in [-0.3, -0.25) is 9.59 Å². The first-order valence-electron chi connectivity index (χ1n) is 10.8. The summed E-state index contributed by atoms with van der Waals surface area (Å²) in [5.74, 6) is -1.31. The summed E-state index contributed by atoms with van der Waals surface area (Å²) >= 11 is 0. The molecule has 4 rings (SSSR count). The van der Waals surface area contributed by atoms with Crippen molar-refractivity contribution >= 4 is 28.9 Å². The van der Waals surface area contributed by atoms with Crippen molar-refractivity contribution in [2.24, 2.45) is 0 Å². The molecule has 164 valence electrons. The van der Waals surface area contributed by atoms with Crippen LogP contribution in [0.25, 0.3) is 0 Å². The van der Waals surface area contributed by atoms with Gasteiger partial charge in [0, 0.05) is 44.2 Å². The molecule has 0 spiro atoms. The summed E-state index contributed by atoms with van der Waals surface area (Å²) in [5, 5.41) is 5.48. The largest absolute Gasteiger partial charge is 0.378 e. The molecule has 0 bridgehead atoms. The van der Waals surface area contributed by atoms with E-state index in [4.69, 9.17) is 0 Å². The Morgan fingerprint density at radius 1 is 0.906 bits per heavy atom. The Kier molecular flexibility index (Phi) is 6.40. The number of carbonyl (C=O) groups is 2. The standard InChI is InChI=1S/C26H28N4O2/c1-29(2)22-14-12-20(13-15-22)24(30-17-16-19-8-6-7-11-23(19)30)18-27-25(31)26(32)28-21-9-4-3-5-10-21/h3-15,24H,16-18H2,1-2H3,(H,27,31)(H,28,32)/t24-/m0/s1. The molecule has 0 aromatic heterocycles. The molecule has 6 heteroatoms.